The van der Waals surface area contributed by atoms with Crippen LogP contribution in [-0.2, 0) is 6.54 Å². The first-order valence-corrected chi connectivity index (χ1v) is 13.7. The van der Waals surface area contributed by atoms with Crippen LogP contribution >= 0.6 is 11.3 Å². The third kappa shape index (κ3) is 4.82. The molecule has 4 nitrogen and oxygen atoms in total. The van der Waals surface area contributed by atoms with Crippen LogP contribution in [0, 0.1) is 5.41 Å². The van der Waals surface area contributed by atoms with E-state index in [0.717, 1.165) is 50.2 Å². The highest BCUT2D eigenvalue weighted by molar-refractivity contribution is 7.07. The van der Waals surface area contributed by atoms with Crippen molar-refractivity contribution in [3.63, 3.8) is 0 Å². The maximum atomic E-state index is 8.33. The van der Waals surface area contributed by atoms with Crippen LogP contribution in [0.25, 0.3) is 16.5 Å². The molecule has 0 amide bonds. The van der Waals surface area contributed by atoms with Crippen molar-refractivity contribution in [1.82, 2.24) is 14.9 Å². The van der Waals surface area contributed by atoms with Crippen molar-refractivity contribution in [2.75, 3.05) is 13.1 Å². The molecule has 2 N–H and O–H groups in total. The minimum Gasteiger partial charge on any atom is -0.354 e. The van der Waals surface area contributed by atoms with Crippen LogP contribution in [0.1, 0.15) is 87.2 Å². The highest BCUT2D eigenvalue weighted by atomic mass is 32.1. The second-order valence-electron chi connectivity index (χ2n) is 10.3. The maximum absolute atomic E-state index is 8.33. The normalized spacial score (nSPS) is 21.8. The number of benzene rings is 1. The second-order valence-corrected chi connectivity index (χ2v) is 11.0. The molecule has 1 aliphatic carbocycles. The number of aromatic amines is 1. The summed E-state index contributed by atoms with van der Waals surface area (Å²) in [6, 6.07) is 7.11. The first-order chi connectivity index (χ1) is 16.5. The molecule has 1 aromatic carbocycles. The van der Waals surface area contributed by atoms with Gasteiger partial charge in [0.1, 0.15) is 0 Å². The molecule has 0 bridgehead atoms. The summed E-state index contributed by atoms with van der Waals surface area (Å²) in [6.07, 6.45) is 9.96. The van der Waals surface area contributed by atoms with Gasteiger partial charge in [-0.1, -0.05) is 26.0 Å². The van der Waals surface area contributed by atoms with Crippen molar-refractivity contribution in [2.24, 2.45) is 0 Å². The molecule has 0 unspecified atom stereocenters. The Labute approximate surface area is 207 Å². The minimum absolute atomic E-state index is 0.429. The molecule has 2 aliphatic rings. The van der Waals surface area contributed by atoms with Crippen LogP contribution in [-0.4, -0.2) is 33.7 Å². The lowest BCUT2D eigenvalue weighted by atomic mass is 9.87. The Morgan fingerprint density at radius 3 is 2.79 bits per heavy atom. The number of allylic oxidation sites excluding steroid dienone is 4. The molecule has 34 heavy (non-hydrogen) atoms. The number of hydrogen-bond donors (Lipinski definition) is 2. The quantitative estimate of drug-likeness (QED) is 0.400. The van der Waals surface area contributed by atoms with Crippen LogP contribution < -0.4 is 0 Å². The van der Waals surface area contributed by atoms with Crippen molar-refractivity contribution < 1.29 is 0 Å². The molecule has 1 fully saturated rings. The molecule has 5 rings (SSSR count). The van der Waals surface area contributed by atoms with Gasteiger partial charge in [0, 0.05) is 34.2 Å². The van der Waals surface area contributed by atoms with Gasteiger partial charge in [0.25, 0.3) is 0 Å². The molecule has 5 heteroatoms. The van der Waals surface area contributed by atoms with Gasteiger partial charge in [-0.2, -0.15) is 0 Å². The average Bonchev–Trinajstić information content (AvgIpc) is 3.47. The zero-order chi connectivity index (χ0) is 23.7. The Kier molecular flexibility index (Phi) is 6.84. The summed E-state index contributed by atoms with van der Waals surface area (Å²) in [4.78, 5) is 10.8. The highest BCUT2D eigenvalue weighted by Crippen LogP contribution is 2.38. The predicted molar refractivity (Wildman–Crippen MR) is 145 cm³/mol. The standard InChI is InChI=1S/C29H36N4S/c1-19(2)28-25-15-22(21-10-12-33(13-11-21)16-24-17-34-18-31-24)8-9-27(25)32-29(28)23-6-4-5-7-26(30)20(3)14-23/h6,8-9,14-15,17-19,21,30,32H,4-5,7,10-13,16H2,1-3H3/b20-14-,23-6+,30-26?. The van der Waals surface area contributed by atoms with Gasteiger partial charge in [0.05, 0.1) is 11.2 Å². The summed E-state index contributed by atoms with van der Waals surface area (Å²) in [5.41, 5.74) is 11.6. The summed E-state index contributed by atoms with van der Waals surface area (Å²) < 4.78 is 0. The van der Waals surface area contributed by atoms with Gasteiger partial charge in [-0.05, 0) is 104 Å². The molecule has 1 aliphatic heterocycles. The highest BCUT2D eigenvalue weighted by Gasteiger charge is 2.23. The van der Waals surface area contributed by atoms with Gasteiger partial charge in [0.15, 0.2) is 0 Å². The number of likely N-dealkylation sites (tertiary alicyclic amines) is 1. The van der Waals surface area contributed by atoms with Gasteiger partial charge in [0.2, 0.25) is 0 Å². The van der Waals surface area contributed by atoms with Crippen LogP contribution in [0.3, 0.4) is 0 Å². The topological polar surface area (TPSA) is 55.8 Å². The van der Waals surface area contributed by atoms with E-state index in [1.165, 1.54) is 51.8 Å². The van der Waals surface area contributed by atoms with E-state index < -0.39 is 0 Å². The monoisotopic (exact) mass is 472 g/mol. The number of thiazole rings is 1. The van der Waals surface area contributed by atoms with Crippen LogP contribution in [0.4, 0.5) is 0 Å². The Balaban J connectivity index is 1.42. The molecular formula is C29H36N4S. The molecule has 3 aromatic rings. The summed E-state index contributed by atoms with van der Waals surface area (Å²) in [6.45, 7) is 9.94. The minimum atomic E-state index is 0.429. The lowest BCUT2D eigenvalue weighted by Gasteiger charge is -2.31. The molecule has 0 radical (unpaired) electrons. The molecule has 3 heterocycles. The maximum Gasteiger partial charge on any atom is 0.0795 e. The summed E-state index contributed by atoms with van der Waals surface area (Å²) in [5.74, 6) is 1.05. The Bertz CT molecular complexity index is 1220. The smallest absolute Gasteiger partial charge is 0.0795 e. The van der Waals surface area contributed by atoms with Crippen molar-refractivity contribution >= 4 is 33.5 Å². The number of hydrogen-bond acceptors (Lipinski definition) is 4. The van der Waals surface area contributed by atoms with E-state index in [4.69, 9.17) is 5.41 Å². The molecular weight excluding hydrogens is 436 g/mol. The molecule has 0 atom stereocenters. The number of fused-ring (bicyclic) bond motifs is 1. The number of H-pyrrole nitrogens is 1. The largest absolute Gasteiger partial charge is 0.354 e. The fraction of sp³-hybridized carbons (Fsp3) is 0.448. The zero-order valence-electron chi connectivity index (χ0n) is 20.7. The second kappa shape index (κ2) is 10.0. The summed E-state index contributed by atoms with van der Waals surface area (Å²) in [5, 5.41) is 11.9. The number of piperidine rings is 1. The lowest BCUT2D eigenvalue weighted by Crippen LogP contribution is -2.32. The van der Waals surface area contributed by atoms with Gasteiger partial charge in [-0.3, -0.25) is 4.90 Å². The lowest BCUT2D eigenvalue weighted by molar-refractivity contribution is 0.203. The van der Waals surface area contributed by atoms with E-state index >= 15 is 0 Å². The molecule has 0 saturated carbocycles. The SMILES string of the molecule is C/C1=C/C(c2[nH]c3ccc(C4CCN(Cc5cscn5)CC4)cc3c2C(C)C)=C\CCCC1=N. The van der Waals surface area contributed by atoms with Gasteiger partial charge in [-0.15, -0.1) is 11.3 Å². The van der Waals surface area contributed by atoms with Crippen molar-refractivity contribution in [2.45, 2.75) is 71.3 Å². The Hall–Kier alpha value is -2.50. The zero-order valence-corrected chi connectivity index (χ0v) is 21.5. The number of aromatic nitrogens is 2. The fourth-order valence-corrected chi connectivity index (χ4v) is 6.12. The summed E-state index contributed by atoms with van der Waals surface area (Å²) >= 11 is 1.69. The average molecular weight is 473 g/mol. The molecule has 178 valence electrons. The third-order valence-electron chi connectivity index (χ3n) is 7.50. The number of nitrogens with one attached hydrogen (secondary N) is 2. The van der Waals surface area contributed by atoms with Gasteiger partial charge in [-0.25, -0.2) is 4.98 Å². The molecule has 1 saturated heterocycles. The number of nitrogens with zero attached hydrogens (tertiary/aromatic N) is 2. The Morgan fingerprint density at radius 1 is 1.24 bits per heavy atom. The van der Waals surface area contributed by atoms with E-state index in [1.54, 1.807) is 11.3 Å². The van der Waals surface area contributed by atoms with Crippen LogP contribution in [0.5, 0.6) is 0 Å². The number of rotatable bonds is 5. The van der Waals surface area contributed by atoms with Crippen molar-refractivity contribution in [3.8, 4) is 0 Å². The fourth-order valence-electron chi connectivity index (χ4n) is 5.57. The summed E-state index contributed by atoms with van der Waals surface area (Å²) in [7, 11) is 0. The van der Waals surface area contributed by atoms with Crippen molar-refractivity contribution in [3.05, 3.63) is 69.3 Å². The third-order valence-corrected chi connectivity index (χ3v) is 8.14. The van der Waals surface area contributed by atoms with Crippen molar-refractivity contribution in [1.29, 1.82) is 5.41 Å². The molecule has 0 spiro atoms. The first kappa shape index (κ1) is 23.3. The van der Waals surface area contributed by atoms with Gasteiger partial charge >= 0.3 is 0 Å². The van der Waals surface area contributed by atoms with Crippen LogP contribution in [0.15, 0.2) is 46.8 Å². The van der Waals surface area contributed by atoms with Gasteiger partial charge < -0.3 is 10.4 Å². The van der Waals surface area contributed by atoms with Crippen LogP contribution in [0.2, 0.25) is 0 Å². The Morgan fingerprint density at radius 2 is 2.06 bits per heavy atom. The predicted octanol–water partition coefficient (Wildman–Crippen LogP) is 7.66. The first-order valence-electron chi connectivity index (χ1n) is 12.7. The van der Waals surface area contributed by atoms with E-state index in [1.807, 2.05) is 5.51 Å². The molecule has 2 aromatic heterocycles. The van der Waals surface area contributed by atoms with E-state index in [2.05, 4.69) is 71.4 Å². The van der Waals surface area contributed by atoms with E-state index in [0.29, 0.717) is 11.8 Å². The van der Waals surface area contributed by atoms with E-state index in [-0.39, 0.29) is 0 Å². The van der Waals surface area contributed by atoms with E-state index in [9.17, 15) is 0 Å².